The van der Waals surface area contributed by atoms with Crippen LogP contribution >= 0.6 is 0 Å². The van der Waals surface area contributed by atoms with Crippen LogP contribution in [0, 0.1) is 0 Å². The number of aliphatic carboxylic acids is 1. The third-order valence-electron chi connectivity index (χ3n) is 7.35. The van der Waals surface area contributed by atoms with E-state index in [1.54, 1.807) is 39.5 Å². The first-order chi connectivity index (χ1) is 21.3. The Morgan fingerprint density at radius 2 is 1.61 bits per heavy atom. The fourth-order valence-corrected chi connectivity index (χ4v) is 5.22. The van der Waals surface area contributed by atoms with Gasteiger partial charge in [-0.15, -0.1) is 0 Å². The van der Waals surface area contributed by atoms with E-state index in [1.165, 1.54) is 0 Å². The van der Waals surface area contributed by atoms with Crippen molar-refractivity contribution in [2.24, 2.45) is 0 Å². The first kappa shape index (κ1) is 32.0. The van der Waals surface area contributed by atoms with Crippen molar-refractivity contribution in [3.05, 3.63) is 71.3 Å². The molecule has 1 aliphatic carbocycles. The highest BCUT2D eigenvalue weighted by Crippen LogP contribution is 2.49. The molecule has 0 radical (unpaired) electrons. The summed E-state index contributed by atoms with van der Waals surface area (Å²) < 4.78 is 27.5. The Balaban J connectivity index is 1.27. The first-order valence-corrected chi connectivity index (χ1v) is 14.5. The Hall–Kier alpha value is -4.93. The molecular weight excluding hydrogens is 568 g/mol. The van der Waals surface area contributed by atoms with Gasteiger partial charge in [-0.1, -0.05) is 36.4 Å². The van der Waals surface area contributed by atoms with E-state index in [4.69, 9.17) is 23.7 Å². The third-order valence-corrected chi connectivity index (χ3v) is 7.35. The topological polar surface area (TPSA) is 142 Å². The lowest BCUT2D eigenvalue weighted by Crippen LogP contribution is -2.41. The minimum Gasteiger partial charge on any atom is -0.493 e. The fraction of sp³-hybridized carbons (Fsp3) is 0.364. The molecule has 1 atom stereocenters. The summed E-state index contributed by atoms with van der Waals surface area (Å²) in [4.78, 5) is 36.1. The van der Waals surface area contributed by atoms with Gasteiger partial charge in [0.25, 0.3) is 0 Å². The molecule has 0 heterocycles. The molecule has 0 bridgehead atoms. The number of hydrogen-bond donors (Lipinski definition) is 3. The maximum atomic E-state index is 12.5. The van der Waals surface area contributed by atoms with Crippen LogP contribution in [-0.2, 0) is 29.0 Å². The van der Waals surface area contributed by atoms with E-state index >= 15 is 0 Å². The second kappa shape index (κ2) is 15.5. The largest absolute Gasteiger partial charge is 0.493 e. The van der Waals surface area contributed by atoms with Gasteiger partial charge < -0.3 is 39.4 Å². The fourth-order valence-electron chi connectivity index (χ4n) is 5.22. The predicted octanol–water partition coefficient (Wildman–Crippen LogP) is 5.51. The van der Waals surface area contributed by atoms with Crippen LogP contribution in [0.5, 0.6) is 23.0 Å². The Morgan fingerprint density at radius 1 is 0.864 bits per heavy atom. The third kappa shape index (κ3) is 8.12. The Morgan fingerprint density at radius 3 is 2.32 bits per heavy atom. The first-order valence-electron chi connectivity index (χ1n) is 14.5. The zero-order valence-electron chi connectivity index (χ0n) is 25.1. The number of alkyl carbamates (subject to hydrolysis) is 1. The molecule has 11 heteroatoms. The van der Waals surface area contributed by atoms with Crippen molar-refractivity contribution in [1.82, 2.24) is 10.6 Å². The van der Waals surface area contributed by atoms with Crippen LogP contribution in [0.2, 0.25) is 0 Å². The summed E-state index contributed by atoms with van der Waals surface area (Å²) in [6.07, 6.45) is 2.21. The van der Waals surface area contributed by atoms with E-state index in [0.717, 1.165) is 47.1 Å². The highest BCUT2D eigenvalue weighted by molar-refractivity contribution is 5.83. The van der Waals surface area contributed by atoms with Crippen LogP contribution < -0.4 is 29.6 Å². The summed E-state index contributed by atoms with van der Waals surface area (Å²) in [5, 5.41) is 14.5. The van der Waals surface area contributed by atoms with Gasteiger partial charge >= 0.3 is 18.2 Å². The highest BCUT2D eigenvalue weighted by atomic mass is 16.6. The average molecular weight is 607 g/mol. The van der Waals surface area contributed by atoms with E-state index in [-0.39, 0.29) is 19.6 Å². The summed E-state index contributed by atoms with van der Waals surface area (Å²) in [5.74, 6) is 0.984. The standard InChI is InChI=1S/C33H38N2O9/c1-40-27-19-23-13-9-12-22-18-24(15-16-25(22)28(23)30(42-3)29(27)41-2)44-32(38)34-17-8-7-14-26(31(36)37)35-33(39)43-20-21-10-5-4-6-11-21/h4-6,10-11,15-16,18-19,26H,7-9,12-14,17,20H2,1-3H3,(H,34,38)(H,35,39)(H,36,37). The monoisotopic (exact) mass is 606 g/mol. The van der Waals surface area contributed by atoms with Crippen molar-refractivity contribution in [3.8, 4) is 34.1 Å². The van der Waals surface area contributed by atoms with Crippen LogP contribution in [0.1, 0.15) is 42.4 Å². The summed E-state index contributed by atoms with van der Waals surface area (Å²) >= 11 is 0. The molecule has 0 fully saturated rings. The van der Waals surface area contributed by atoms with Crippen LogP contribution in [0.3, 0.4) is 0 Å². The molecule has 3 aromatic rings. The van der Waals surface area contributed by atoms with Crippen molar-refractivity contribution in [3.63, 3.8) is 0 Å². The van der Waals surface area contributed by atoms with Gasteiger partial charge in [-0.2, -0.15) is 0 Å². The summed E-state index contributed by atoms with van der Waals surface area (Å²) in [6, 6.07) is 15.5. The van der Waals surface area contributed by atoms with Crippen LogP contribution in [0.15, 0.2) is 54.6 Å². The minimum atomic E-state index is -1.16. The van der Waals surface area contributed by atoms with Crippen LogP contribution in [0.25, 0.3) is 11.1 Å². The van der Waals surface area contributed by atoms with Crippen molar-refractivity contribution in [1.29, 1.82) is 0 Å². The average Bonchev–Trinajstić information content (AvgIpc) is 3.21. The summed E-state index contributed by atoms with van der Waals surface area (Å²) in [6.45, 7) is 0.321. The molecule has 44 heavy (non-hydrogen) atoms. The quantitative estimate of drug-likeness (QED) is 0.215. The van der Waals surface area contributed by atoms with Gasteiger partial charge in [0.05, 0.1) is 21.3 Å². The number of unbranched alkanes of at least 4 members (excludes halogenated alkanes) is 1. The molecule has 0 aromatic heterocycles. The number of carboxylic acids is 1. The molecule has 2 amide bonds. The molecule has 234 valence electrons. The number of hydrogen-bond acceptors (Lipinski definition) is 8. The lowest BCUT2D eigenvalue weighted by molar-refractivity contribution is -0.139. The molecule has 3 N–H and O–H groups in total. The molecular formula is C33H38N2O9. The van der Waals surface area contributed by atoms with Gasteiger partial charge in [-0.05, 0) is 79.0 Å². The Kier molecular flexibility index (Phi) is 11.3. The highest BCUT2D eigenvalue weighted by Gasteiger charge is 2.26. The minimum absolute atomic E-state index is 0.0424. The van der Waals surface area contributed by atoms with Gasteiger partial charge in [0, 0.05) is 12.1 Å². The van der Waals surface area contributed by atoms with E-state index in [9.17, 15) is 19.5 Å². The lowest BCUT2D eigenvalue weighted by Gasteiger charge is -2.20. The van der Waals surface area contributed by atoms with Gasteiger partial charge in [0.2, 0.25) is 5.75 Å². The number of carbonyl (C=O) groups is 3. The normalized spacial score (nSPS) is 12.4. The van der Waals surface area contributed by atoms with Crippen LogP contribution in [0.4, 0.5) is 9.59 Å². The van der Waals surface area contributed by atoms with Crippen molar-refractivity contribution in [2.75, 3.05) is 27.9 Å². The zero-order valence-corrected chi connectivity index (χ0v) is 25.1. The number of methoxy groups -OCH3 is 3. The van der Waals surface area contributed by atoms with Gasteiger partial charge in [-0.25, -0.2) is 14.4 Å². The van der Waals surface area contributed by atoms with Crippen molar-refractivity contribution >= 4 is 18.2 Å². The van der Waals surface area contributed by atoms with E-state index in [2.05, 4.69) is 10.6 Å². The second-order valence-electron chi connectivity index (χ2n) is 10.3. The molecule has 11 nitrogen and oxygen atoms in total. The van der Waals surface area contributed by atoms with E-state index < -0.39 is 24.2 Å². The van der Waals surface area contributed by atoms with Crippen molar-refractivity contribution < 1.29 is 43.2 Å². The Bertz CT molecular complexity index is 1460. The van der Waals surface area contributed by atoms with E-state index in [1.807, 2.05) is 36.4 Å². The molecule has 1 aliphatic rings. The number of amides is 2. The molecule has 0 saturated heterocycles. The second-order valence-corrected chi connectivity index (χ2v) is 10.3. The predicted molar refractivity (Wildman–Crippen MR) is 163 cm³/mol. The molecule has 1 unspecified atom stereocenters. The number of rotatable bonds is 13. The molecule has 0 spiro atoms. The van der Waals surface area contributed by atoms with Gasteiger partial charge in [0.1, 0.15) is 18.4 Å². The number of benzene rings is 3. The number of fused-ring (bicyclic) bond motifs is 3. The number of carboxylic acid groups (broad SMARTS) is 1. The molecule has 0 saturated carbocycles. The Labute approximate surface area is 256 Å². The molecule has 0 aliphatic heterocycles. The molecule has 3 aromatic carbocycles. The number of nitrogens with one attached hydrogen (secondary N) is 2. The number of carbonyl (C=O) groups excluding carboxylic acids is 2. The van der Waals surface area contributed by atoms with Crippen LogP contribution in [-0.4, -0.2) is 57.2 Å². The summed E-state index contributed by atoms with van der Waals surface area (Å²) in [5.41, 5.74) is 4.83. The smallest absolute Gasteiger partial charge is 0.412 e. The number of aryl methyl sites for hydroxylation is 2. The lowest BCUT2D eigenvalue weighted by atomic mass is 9.94. The maximum Gasteiger partial charge on any atom is 0.412 e. The van der Waals surface area contributed by atoms with Gasteiger partial charge in [-0.3, -0.25) is 0 Å². The zero-order chi connectivity index (χ0) is 31.5. The summed E-state index contributed by atoms with van der Waals surface area (Å²) in [7, 11) is 4.77. The molecule has 4 rings (SSSR count). The van der Waals surface area contributed by atoms with Gasteiger partial charge in [0.15, 0.2) is 11.5 Å². The van der Waals surface area contributed by atoms with E-state index in [0.29, 0.717) is 35.8 Å². The SMILES string of the molecule is COc1cc2c(c(OC)c1OC)-c1ccc(OC(=O)NCCCCC(NC(=O)OCc3ccccc3)C(=O)O)cc1CCC2. The maximum absolute atomic E-state index is 12.5. The van der Waals surface area contributed by atoms with Crippen molar-refractivity contribution in [2.45, 2.75) is 51.2 Å². The number of ether oxygens (including phenoxy) is 5.